The first-order chi connectivity index (χ1) is 14.5. The molecule has 4 rings (SSSR count). The van der Waals surface area contributed by atoms with E-state index in [9.17, 15) is 9.18 Å². The number of benzene rings is 3. The first kappa shape index (κ1) is 20.3. The lowest BCUT2D eigenvalue weighted by Crippen LogP contribution is -2.23. The molecule has 1 amide bonds. The second-order valence-corrected chi connectivity index (χ2v) is 7.77. The van der Waals surface area contributed by atoms with Gasteiger partial charge in [-0.2, -0.15) is 5.10 Å². The third-order valence-electron chi connectivity index (χ3n) is 4.41. The molecular weight excluding hydrogens is 471 g/mol. The van der Waals surface area contributed by atoms with Crippen molar-refractivity contribution in [3.63, 3.8) is 0 Å². The van der Waals surface area contributed by atoms with Crippen LogP contribution >= 0.6 is 27.5 Å². The van der Waals surface area contributed by atoms with Crippen LogP contribution in [0.2, 0.25) is 5.02 Å². The number of hydrogen-bond donors (Lipinski definition) is 1. The highest BCUT2D eigenvalue weighted by Crippen LogP contribution is 2.26. The van der Waals surface area contributed by atoms with Gasteiger partial charge in [-0.15, -0.1) is 0 Å². The molecule has 0 saturated carbocycles. The summed E-state index contributed by atoms with van der Waals surface area (Å²) in [6.45, 7) is 0.0307. The minimum atomic E-state index is -0.363. The fourth-order valence-electron chi connectivity index (χ4n) is 3.01. The molecule has 0 aliphatic heterocycles. The maximum Gasteiger partial charge on any atom is 0.260 e. The zero-order valence-corrected chi connectivity index (χ0v) is 17.9. The quantitative estimate of drug-likeness (QED) is 0.304. The van der Waals surface area contributed by atoms with Gasteiger partial charge in [0.2, 0.25) is 0 Å². The number of amides is 1. The second kappa shape index (κ2) is 8.77. The van der Waals surface area contributed by atoms with Crippen LogP contribution in [0.25, 0.3) is 22.4 Å². The van der Waals surface area contributed by atoms with Crippen molar-refractivity contribution in [1.82, 2.24) is 15.0 Å². The van der Waals surface area contributed by atoms with Crippen molar-refractivity contribution in [2.45, 2.75) is 6.54 Å². The maximum atomic E-state index is 13.3. The number of nitrogens with zero attached hydrogens (tertiary/aromatic N) is 3. The smallest absolute Gasteiger partial charge is 0.260 e. The predicted octanol–water partition coefficient (Wildman–Crippen LogP) is 5.41. The molecule has 150 valence electrons. The summed E-state index contributed by atoms with van der Waals surface area (Å²) < 4.78 is 15.5. The van der Waals surface area contributed by atoms with Gasteiger partial charge in [-0.1, -0.05) is 29.8 Å². The molecule has 0 radical (unpaired) electrons. The molecule has 0 spiro atoms. The number of fused-ring (bicyclic) bond motifs is 1. The fraction of sp³-hybridized carbons (Fsp3) is 0.0455. The van der Waals surface area contributed by atoms with Crippen LogP contribution in [0.5, 0.6) is 0 Å². The molecule has 0 atom stereocenters. The summed E-state index contributed by atoms with van der Waals surface area (Å²) in [5.74, 6) is -0.0156. The summed E-state index contributed by atoms with van der Waals surface area (Å²) in [4.78, 5) is 17.2. The van der Waals surface area contributed by atoms with E-state index in [1.165, 1.54) is 12.3 Å². The molecule has 0 aliphatic carbocycles. The Hall–Kier alpha value is -3.03. The number of rotatable bonds is 5. The van der Waals surface area contributed by atoms with Crippen molar-refractivity contribution in [3.8, 4) is 11.4 Å². The zero-order chi connectivity index (χ0) is 21.1. The lowest BCUT2D eigenvalue weighted by atomic mass is 10.2. The van der Waals surface area contributed by atoms with E-state index in [1.54, 1.807) is 24.3 Å². The van der Waals surface area contributed by atoms with Crippen LogP contribution in [0.1, 0.15) is 5.56 Å². The van der Waals surface area contributed by atoms with Crippen LogP contribution in [0.4, 0.5) is 4.39 Å². The molecule has 0 saturated heterocycles. The summed E-state index contributed by atoms with van der Waals surface area (Å²) in [5, 5.41) is 4.59. The van der Waals surface area contributed by atoms with Crippen LogP contribution in [0.15, 0.2) is 76.3 Å². The van der Waals surface area contributed by atoms with Gasteiger partial charge in [0.25, 0.3) is 5.91 Å². The van der Waals surface area contributed by atoms with Crippen LogP contribution in [-0.2, 0) is 11.3 Å². The molecule has 4 aromatic rings. The number of carbonyl (C=O) groups is 1. The van der Waals surface area contributed by atoms with Gasteiger partial charge in [-0.05, 0) is 70.0 Å². The highest BCUT2D eigenvalue weighted by molar-refractivity contribution is 9.10. The Morgan fingerprint density at radius 1 is 1.17 bits per heavy atom. The first-order valence-corrected chi connectivity index (χ1v) is 10.2. The van der Waals surface area contributed by atoms with Gasteiger partial charge in [-0.3, -0.25) is 4.79 Å². The lowest BCUT2D eigenvalue weighted by Gasteiger charge is -2.08. The third-order valence-corrected chi connectivity index (χ3v) is 5.26. The third kappa shape index (κ3) is 4.42. The minimum Gasteiger partial charge on any atom is -0.314 e. The minimum absolute atomic E-state index is 0.0307. The topological polar surface area (TPSA) is 59.3 Å². The Morgan fingerprint density at radius 2 is 1.93 bits per heavy atom. The van der Waals surface area contributed by atoms with Gasteiger partial charge in [0.05, 0.1) is 21.7 Å². The van der Waals surface area contributed by atoms with E-state index in [0.717, 1.165) is 16.6 Å². The number of halogens is 3. The van der Waals surface area contributed by atoms with Crippen LogP contribution in [-0.4, -0.2) is 21.7 Å². The Bertz CT molecular complexity index is 1250. The molecule has 8 heteroatoms. The molecule has 30 heavy (non-hydrogen) atoms. The number of para-hydroxylation sites is 2. The largest absolute Gasteiger partial charge is 0.314 e. The van der Waals surface area contributed by atoms with Crippen molar-refractivity contribution in [2.75, 3.05) is 0 Å². The van der Waals surface area contributed by atoms with E-state index >= 15 is 0 Å². The van der Waals surface area contributed by atoms with Crippen molar-refractivity contribution < 1.29 is 9.18 Å². The van der Waals surface area contributed by atoms with Gasteiger partial charge in [0, 0.05) is 10.6 Å². The summed E-state index contributed by atoms with van der Waals surface area (Å²) in [6, 6.07) is 19.4. The molecule has 0 bridgehead atoms. The first-order valence-electron chi connectivity index (χ1n) is 8.99. The van der Waals surface area contributed by atoms with Gasteiger partial charge in [0.1, 0.15) is 18.2 Å². The van der Waals surface area contributed by atoms with E-state index in [4.69, 9.17) is 11.6 Å². The highest BCUT2D eigenvalue weighted by atomic mass is 79.9. The molecule has 1 aromatic heterocycles. The summed E-state index contributed by atoms with van der Waals surface area (Å²) in [7, 11) is 0. The lowest BCUT2D eigenvalue weighted by molar-refractivity contribution is -0.121. The molecule has 1 N–H and O–H groups in total. The Labute approximate surface area is 185 Å². The van der Waals surface area contributed by atoms with Crippen LogP contribution in [0.3, 0.4) is 0 Å². The van der Waals surface area contributed by atoms with Gasteiger partial charge < -0.3 is 4.57 Å². The van der Waals surface area contributed by atoms with E-state index in [-0.39, 0.29) is 18.3 Å². The van der Waals surface area contributed by atoms with E-state index in [1.807, 2.05) is 41.0 Å². The normalized spacial score (nSPS) is 11.3. The molecule has 0 fully saturated rings. The molecule has 0 aliphatic rings. The molecule has 1 heterocycles. The van der Waals surface area contributed by atoms with E-state index < -0.39 is 0 Å². The highest BCUT2D eigenvalue weighted by Gasteiger charge is 2.15. The van der Waals surface area contributed by atoms with E-state index in [2.05, 4.69) is 31.4 Å². The standard InChI is InChI=1S/C22H15BrClFN4O/c23-17-11-14(5-10-18(17)25)12-26-28-21(30)13-29-20-4-2-1-3-19(20)27-22(29)15-6-8-16(24)9-7-15/h1-12H,13H2,(H,28,30)/b26-12+. The van der Waals surface area contributed by atoms with Crippen LogP contribution < -0.4 is 5.43 Å². The Morgan fingerprint density at radius 3 is 2.70 bits per heavy atom. The Kier molecular flexibility index (Phi) is 5.92. The fourth-order valence-corrected chi connectivity index (χ4v) is 3.53. The van der Waals surface area contributed by atoms with Crippen molar-refractivity contribution in [3.05, 3.63) is 87.6 Å². The number of imidazole rings is 1. The van der Waals surface area contributed by atoms with E-state index in [0.29, 0.717) is 20.9 Å². The van der Waals surface area contributed by atoms with Gasteiger partial charge in [-0.25, -0.2) is 14.8 Å². The number of hydrazone groups is 1. The average molecular weight is 486 g/mol. The zero-order valence-electron chi connectivity index (χ0n) is 15.5. The monoisotopic (exact) mass is 484 g/mol. The predicted molar refractivity (Wildman–Crippen MR) is 120 cm³/mol. The summed E-state index contributed by atoms with van der Waals surface area (Å²) in [6.07, 6.45) is 1.45. The molecular formula is C22H15BrClFN4O. The maximum absolute atomic E-state index is 13.3. The van der Waals surface area contributed by atoms with Crippen molar-refractivity contribution >= 4 is 50.7 Å². The summed E-state index contributed by atoms with van der Waals surface area (Å²) >= 11 is 9.12. The van der Waals surface area contributed by atoms with Crippen molar-refractivity contribution in [1.29, 1.82) is 0 Å². The average Bonchev–Trinajstić information content (AvgIpc) is 3.09. The molecule has 5 nitrogen and oxygen atoms in total. The number of nitrogens with one attached hydrogen (secondary N) is 1. The van der Waals surface area contributed by atoms with Crippen molar-refractivity contribution in [2.24, 2.45) is 5.10 Å². The van der Waals surface area contributed by atoms with Gasteiger partial charge >= 0.3 is 0 Å². The number of carbonyl (C=O) groups excluding carboxylic acids is 1. The Balaban J connectivity index is 1.57. The number of aromatic nitrogens is 2. The summed E-state index contributed by atoms with van der Waals surface area (Å²) in [5.41, 5.74) is 5.63. The molecule has 0 unspecified atom stereocenters. The molecule has 3 aromatic carbocycles. The SMILES string of the molecule is O=C(Cn1c(-c2ccc(Cl)cc2)nc2ccccc21)N/N=C/c1ccc(F)c(Br)c1. The van der Waals surface area contributed by atoms with Gasteiger partial charge in [0.15, 0.2) is 0 Å². The number of hydrogen-bond acceptors (Lipinski definition) is 3. The van der Waals surface area contributed by atoms with Crippen LogP contribution in [0, 0.1) is 5.82 Å². The second-order valence-electron chi connectivity index (χ2n) is 6.48.